The first-order chi connectivity index (χ1) is 9.93. The molecule has 1 saturated heterocycles. The highest BCUT2D eigenvalue weighted by molar-refractivity contribution is 6.05. The van der Waals surface area contributed by atoms with Gasteiger partial charge in [-0.2, -0.15) is 0 Å². The van der Waals surface area contributed by atoms with Gasteiger partial charge in [-0.05, 0) is 24.6 Å². The number of nitrogens with zero attached hydrogens (tertiary/aromatic N) is 1. The summed E-state index contributed by atoms with van der Waals surface area (Å²) in [7, 11) is 1.73. The smallest absolute Gasteiger partial charge is 0.270 e. The summed E-state index contributed by atoms with van der Waals surface area (Å²) in [6.45, 7) is 0. The second-order valence-electron chi connectivity index (χ2n) is 4.73. The number of hydrogen-bond acceptors (Lipinski definition) is 6. The molecule has 0 aliphatic carbocycles. The lowest BCUT2D eigenvalue weighted by atomic mass is 10.0. The van der Waals surface area contributed by atoms with Crippen LogP contribution in [0.1, 0.15) is 23.2 Å². The predicted octanol–water partition coefficient (Wildman–Crippen LogP) is -0.568. The van der Waals surface area contributed by atoms with E-state index < -0.39 is 17.9 Å². The molecule has 0 spiro atoms. The van der Waals surface area contributed by atoms with Gasteiger partial charge in [-0.15, -0.1) is 0 Å². The molecule has 112 valence electrons. The number of rotatable bonds is 3. The molecule has 1 heterocycles. The van der Waals surface area contributed by atoms with Crippen molar-refractivity contribution in [2.75, 3.05) is 18.1 Å². The van der Waals surface area contributed by atoms with E-state index in [0.717, 1.165) is 10.7 Å². The van der Waals surface area contributed by atoms with Crippen molar-refractivity contribution in [2.24, 2.45) is 5.84 Å². The minimum absolute atomic E-state index is 0.144. The second-order valence-corrected chi connectivity index (χ2v) is 4.73. The number of nitrogens with two attached hydrogens (primary N) is 2. The molecule has 1 unspecified atom stereocenters. The molecule has 21 heavy (non-hydrogen) atoms. The molecule has 2 rings (SSSR count). The van der Waals surface area contributed by atoms with Crippen molar-refractivity contribution in [1.82, 2.24) is 10.3 Å². The fraction of sp³-hybridized carbons (Fsp3) is 0.308. The number of amides is 3. The summed E-state index contributed by atoms with van der Waals surface area (Å²) in [4.78, 5) is 35.2. The Balaban J connectivity index is 2.19. The Morgan fingerprint density at radius 2 is 2.14 bits per heavy atom. The molecule has 0 saturated carbocycles. The van der Waals surface area contributed by atoms with Crippen LogP contribution in [0.3, 0.4) is 0 Å². The van der Waals surface area contributed by atoms with Crippen LogP contribution in [-0.4, -0.2) is 35.8 Å². The standard InChI is InChI=1S/C13H17N5O3/c1-16-7-2-3-8(9(14)6-7)13(21)18(15)10-4-5-11(19)17-12(10)20/h2-3,6,10,16H,4-5,14-15H2,1H3,(H,17,19,20). The lowest BCUT2D eigenvalue weighted by molar-refractivity contribution is -0.136. The highest BCUT2D eigenvalue weighted by atomic mass is 16.2. The zero-order valence-corrected chi connectivity index (χ0v) is 11.6. The van der Waals surface area contributed by atoms with E-state index in [2.05, 4.69) is 10.6 Å². The first-order valence-electron chi connectivity index (χ1n) is 6.43. The molecule has 0 bridgehead atoms. The average Bonchev–Trinajstić information content (AvgIpc) is 2.45. The molecule has 0 radical (unpaired) electrons. The van der Waals surface area contributed by atoms with E-state index >= 15 is 0 Å². The molecule has 6 N–H and O–H groups in total. The minimum Gasteiger partial charge on any atom is -0.398 e. The highest BCUT2D eigenvalue weighted by Gasteiger charge is 2.33. The van der Waals surface area contributed by atoms with Gasteiger partial charge in [0.05, 0.1) is 5.56 Å². The number of imide groups is 1. The number of nitrogen functional groups attached to an aromatic ring is 1. The summed E-state index contributed by atoms with van der Waals surface area (Å²) in [5, 5.41) is 5.88. The van der Waals surface area contributed by atoms with Crippen LogP contribution < -0.4 is 22.2 Å². The predicted molar refractivity (Wildman–Crippen MR) is 76.9 cm³/mol. The fourth-order valence-electron chi connectivity index (χ4n) is 2.14. The number of piperidine rings is 1. The molecule has 1 atom stereocenters. The highest BCUT2D eigenvalue weighted by Crippen LogP contribution is 2.20. The number of nitrogens with one attached hydrogen (secondary N) is 2. The van der Waals surface area contributed by atoms with E-state index in [9.17, 15) is 14.4 Å². The Hall–Kier alpha value is -2.61. The second kappa shape index (κ2) is 5.80. The maximum Gasteiger partial charge on any atom is 0.270 e. The van der Waals surface area contributed by atoms with Crippen LogP contribution in [0.5, 0.6) is 0 Å². The molecule has 0 aromatic heterocycles. The number of anilines is 2. The van der Waals surface area contributed by atoms with Crippen LogP contribution in [0.15, 0.2) is 18.2 Å². The van der Waals surface area contributed by atoms with Gasteiger partial charge < -0.3 is 11.1 Å². The van der Waals surface area contributed by atoms with Crippen molar-refractivity contribution in [3.05, 3.63) is 23.8 Å². The lowest BCUT2D eigenvalue weighted by Gasteiger charge is -2.29. The van der Waals surface area contributed by atoms with Crippen molar-refractivity contribution >= 4 is 29.1 Å². The fourth-order valence-corrected chi connectivity index (χ4v) is 2.14. The van der Waals surface area contributed by atoms with Gasteiger partial charge in [-0.1, -0.05) is 0 Å². The first-order valence-corrected chi connectivity index (χ1v) is 6.43. The summed E-state index contributed by atoms with van der Waals surface area (Å²) in [6, 6.07) is 3.95. The molecule has 1 fully saturated rings. The summed E-state index contributed by atoms with van der Waals surface area (Å²) >= 11 is 0. The Morgan fingerprint density at radius 1 is 1.43 bits per heavy atom. The molecule has 1 aromatic rings. The van der Waals surface area contributed by atoms with Crippen molar-refractivity contribution in [3.63, 3.8) is 0 Å². The van der Waals surface area contributed by atoms with Gasteiger partial charge in [0.2, 0.25) is 5.91 Å². The van der Waals surface area contributed by atoms with Gasteiger partial charge >= 0.3 is 0 Å². The van der Waals surface area contributed by atoms with Crippen molar-refractivity contribution in [3.8, 4) is 0 Å². The maximum absolute atomic E-state index is 12.3. The number of hydrazine groups is 1. The van der Waals surface area contributed by atoms with Gasteiger partial charge in [0.25, 0.3) is 11.8 Å². The third-order valence-electron chi connectivity index (χ3n) is 3.35. The largest absolute Gasteiger partial charge is 0.398 e. The van der Waals surface area contributed by atoms with Gasteiger partial charge in [0.15, 0.2) is 0 Å². The Kier molecular flexibility index (Phi) is 4.08. The quantitative estimate of drug-likeness (QED) is 0.194. The third kappa shape index (κ3) is 2.95. The summed E-state index contributed by atoms with van der Waals surface area (Å²) < 4.78 is 0. The Morgan fingerprint density at radius 3 is 2.71 bits per heavy atom. The third-order valence-corrected chi connectivity index (χ3v) is 3.35. The zero-order valence-electron chi connectivity index (χ0n) is 11.6. The molecular weight excluding hydrogens is 274 g/mol. The van der Waals surface area contributed by atoms with Crippen molar-refractivity contribution in [2.45, 2.75) is 18.9 Å². The van der Waals surface area contributed by atoms with E-state index in [1.807, 2.05) is 0 Å². The Bertz CT molecular complexity index is 601. The minimum atomic E-state index is -0.876. The summed E-state index contributed by atoms with van der Waals surface area (Å²) in [5.41, 5.74) is 7.05. The molecule has 1 aromatic carbocycles. The first kappa shape index (κ1) is 14.8. The van der Waals surface area contributed by atoms with Crippen LogP contribution >= 0.6 is 0 Å². The van der Waals surface area contributed by atoms with E-state index in [1.165, 1.54) is 6.07 Å². The van der Waals surface area contributed by atoms with E-state index in [4.69, 9.17) is 11.6 Å². The maximum atomic E-state index is 12.3. The van der Waals surface area contributed by atoms with Crippen LogP contribution in [0.25, 0.3) is 0 Å². The molecule has 8 nitrogen and oxygen atoms in total. The molecule has 8 heteroatoms. The normalized spacial score (nSPS) is 18.1. The molecule has 1 aliphatic heterocycles. The SMILES string of the molecule is CNc1ccc(C(=O)N(N)C2CCC(=O)NC2=O)c(N)c1. The van der Waals surface area contributed by atoms with Crippen LogP contribution in [0.4, 0.5) is 11.4 Å². The van der Waals surface area contributed by atoms with Gasteiger partial charge in [0, 0.05) is 24.8 Å². The van der Waals surface area contributed by atoms with E-state index in [0.29, 0.717) is 0 Å². The van der Waals surface area contributed by atoms with E-state index in [-0.39, 0.29) is 30.0 Å². The van der Waals surface area contributed by atoms with Crippen LogP contribution in [0, 0.1) is 0 Å². The summed E-state index contributed by atoms with van der Waals surface area (Å²) in [5.74, 6) is 4.23. The van der Waals surface area contributed by atoms with Gasteiger partial charge in [-0.3, -0.25) is 24.7 Å². The van der Waals surface area contributed by atoms with E-state index in [1.54, 1.807) is 19.2 Å². The van der Waals surface area contributed by atoms with Crippen molar-refractivity contribution < 1.29 is 14.4 Å². The van der Waals surface area contributed by atoms with Crippen LogP contribution in [-0.2, 0) is 9.59 Å². The molecule has 1 aliphatic rings. The number of benzene rings is 1. The number of hydrogen-bond donors (Lipinski definition) is 4. The summed E-state index contributed by atoms with van der Waals surface area (Å²) in [6.07, 6.45) is 0.340. The van der Waals surface area contributed by atoms with Gasteiger partial charge in [-0.25, -0.2) is 5.84 Å². The number of carbonyl (C=O) groups excluding carboxylic acids is 3. The van der Waals surface area contributed by atoms with Crippen molar-refractivity contribution in [1.29, 1.82) is 0 Å². The zero-order chi connectivity index (χ0) is 15.6. The lowest BCUT2D eigenvalue weighted by Crippen LogP contribution is -2.57. The molecule has 3 amide bonds. The van der Waals surface area contributed by atoms with Gasteiger partial charge in [0.1, 0.15) is 6.04 Å². The molecular formula is C13H17N5O3. The Labute approximate surface area is 121 Å². The number of carbonyl (C=O) groups is 3. The van der Waals surface area contributed by atoms with Crippen LogP contribution in [0.2, 0.25) is 0 Å². The topological polar surface area (TPSA) is 131 Å². The average molecular weight is 291 g/mol. The monoisotopic (exact) mass is 291 g/mol.